The Bertz CT molecular complexity index is 5900. The second-order valence-electron chi connectivity index (χ2n) is 40.8. The summed E-state index contributed by atoms with van der Waals surface area (Å²) >= 11 is 0. The molecule has 10 aromatic carbocycles. The van der Waals surface area contributed by atoms with E-state index in [1.54, 1.807) is 41.3 Å². The number of carbonyl (C=O) groups excluding carboxylic acids is 7. The highest BCUT2D eigenvalue weighted by Gasteiger charge is 2.53. The molecule has 4 fully saturated rings. The molecule has 0 aromatic heterocycles. The van der Waals surface area contributed by atoms with Crippen LogP contribution in [-0.4, -0.2) is 201 Å². The van der Waals surface area contributed by atoms with Gasteiger partial charge < -0.3 is 82.0 Å². The Hall–Kier alpha value is -12.4. The maximum absolute atomic E-state index is 13.8. The molecule has 2 unspecified atom stereocenters. The summed E-state index contributed by atoms with van der Waals surface area (Å²) in [5, 5.41) is 48.2. The topological polar surface area (TPSA) is 376 Å². The van der Waals surface area contributed by atoms with Crippen LogP contribution in [0.1, 0.15) is 185 Å². The molecule has 4 saturated heterocycles. The van der Waals surface area contributed by atoms with Crippen molar-refractivity contribution in [1.29, 1.82) is 0 Å². The zero-order valence-corrected chi connectivity index (χ0v) is 89.5. The van der Waals surface area contributed by atoms with Gasteiger partial charge in [-0.1, -0.05) is 310 Å². The van der Waals surface area contributed by atoms with Crippen molar-refractivity contribution in [2.75, 3.05) is 77.8 Å². The van der Waals surface area contributed by atoms with Crippen LogP contribution in [0.2, 0.25) is 10.1 Å². The van der Waals surface area contributed by atoms with Crippen molar-refractivity contribution in [3.05, 3.63) is 294 Å². The average Bonchev–Trinajstić information content (AvgIpc) is 1.38. The van der Waals surface area contributed by atoms with Gasteiger partial charge in [-0.3, -0.25) is 24.1 Å². The molecule has 0 bridgehead atoms. The smallest absolute Gasteiger partial charge is 0.412 e. The number of fused-ring (bicyclic) bond motifs is 6. The van der Waals surface area contributed by atoms with Gasteiger partial charge in [-0.25, -0.2) is 34.7 Å². The zero-order chi connectivity index (χ0) is 106. The van der Waals surface area contributed by atoms with E-state index in [1.807, 2.05) is 113 Å². The molecule has 4 amide bonds. The van der Waals surface area contributed by atoms with Gasteiger partial charge in [0.2, 0.25) is 18.5 Å². The Morgan fingerprint density at radius 2 is 0.880 bits per heavy atom. The van der Waals surface area contributed by atoms with E-state index in [-0.39, 0.29) is 135 Å². The third kappa shape index (κ3) is 28.5. The number of carbonyl (C=O) groups is 7. The predicted octanol–water partition coefficient (Wildman–Crippen LogP) is 18.4. The normalized spacial score (nSPS) is 20.3. The van der Waals surface area contributed by atoms with E-state index in [4.69, 9.17) is 81.2 Å². The number of anilines is 1. The molecule has 150 heavy (non-hydrogen) atoms. The van der Waals surface area contributed by atoms with Crippen LogP contribution in [0.15, 0.2) is 255 Å². The molecule has 4 heterocycles. The molecular formula is C117H142N4O27Si2. The summed E-state index contributed by atoms with van der Waals surface area (Å²) < 4.78 is 79.2. The lowest BCUT2D eigenvalue weighted by Gasteiger charge is -2.43. The van der Waals surface area contributed by atoms with Crippen LogP contribution in [0.4, 0.5) is 20.1 Å². The van der Waals surface area contributed by atoms with Gasteiger partial charge in [0.15, 0.2) is 12.2 Å². The Morgan fingerprint density at radius 3 is 1.31 bits per heavy atom. The number of nitrogens with one attached hydrogen (secondary N) is 3. The number of ether oxygens (including phenoxy) is 11. The number of benzene rings is 10. The molecule has 800 valence electrons. The Kier molecular flexibility index (Phi) is 40.8. The zero-order valence-electron chi connectivity index (χ0n) is 87.5. The van der Waals surface area contributed by atoms with Crippen LogP contribution >= 0.6 is 0 Å². The molecule has 6 N–H and O–H groups in total. The summed E-state index contributed by atoms with van der Waals surface area (Å²) in [6, 6.07) is 84.6. The lowest BCUT2D eigenvalue weighted by atomic mass is 9.83. The minimum absolute atomic E-state index is 0.0259. The Morgan fingerprint density at radius 1 is 0.460 bits per heavy atom. The molecule has 0 saturated carbocycles. The van der Waals surface area contributed by atoms with Gasteiger partial charge in [-0.15, -0.1) is 0 Å². The van der Waals surface area contributed by atoms with Crippen molar-refractivity contribution in [2.45, 2.75) is 225 Å². The fourth-order valence-electron chi connectivity index (χ4n) is 21.1. The summed E-state index contributed by atoms with van der Waals surface area (Å²) in [7, 11) is -5.12. The van der Waals surface area contributed by atoms with Crippen molar-refractivity contribution >= 4 is 85.0 Å². The van der Waals surface area contributed by atoms with Gasteiger partial charge in [0.1, 0.15) is 56.5 Å². The summed E-state index contributed by atoms with van der Waals surface area (Å²) in [5.74, 6) is -2.45. The fourth-order valence-corrected chi connectivity index (χ4v) is 30.3. The van der Waals surface area contributed by atoms with Crippen molar-refractivity contribution in [1.82, 2.24) is 15.5 Å². The SMILES string of the molecule is CC(=O)O[C@H]1[C@H](Oc2ccc(CO)cc2CC(=O)CCNC(=O)OCC2c3ccccc3-c3ccccc32)O[C@H](COOO)[C@@H](C)[C@@H]1C.CC(=O)O[C@H]1[C@H](Oc2ccc(COC(=O)N3CCOC3CCCO[Si](c3ccccc3)(c3ccccc3)C(C)(C)C)cc2NC(=O)CCNC(=O)OCC2c3ccccc3-c3ccccc32)O[C@H](COOO)[C@@H](C)[C@@H]1C.CC(C)(C)[Si](OCCCC1CCCO1)(c1ccccc1)c1ccccc1. The summed E-state index contributed by atoms with van der Waals surface area (Å²) in [4.78, 5) is 101. The van der Waals surface area contributed by atoms with Gasteiger partial charge in [-0.05, 0) is 161 Å². The van der Waals surface area contributed by atoms with E-state index in [1.165, 1.54) is 47.4 Å². The summed E-state index contributed by atoms with van der Waals surface area (Å²) in [6.45, 7) is 26.3. The first-order chi connectivity index (χ1) is 72.4. The molecule has 16 rings (SSSR count). The largest absolute Gasteiger partial charge is 0.461 e. The Labute approximate surface area is 879 Å². The molecular weight excluding hydrogens is 1950 g/mol. The van der Waals surface area contributed by atoms with Gasteiger partial charge in [-0.2, -0.15) is 0 Å². The number of rotatable bonds is 42. The van der Waals surface area contributed by atoms with Crippen molar-refractivity contribution in [3.8, 4) is 33.8 Å². The number of aliphatic hydroxyl groups excluding tert-OH is 1. The predicted molar refractivity (Wildman–Crippen MR) is 568 cm³/mol. The summed E-state index contributed by atoms with van der Waals surface area (Å²) in [6.07, 6.45) is -1.53. The van der Waals surface area contributed by atoms with Crippen molar-refractivity contribution in [3.63, 3.8) is 0 Å². The first-order valence-electron chi connectivity index (χ1n) is 51.8. The van der Waals surface area contributed by atoms with Crippen LogP contribution in [-0.2, 0) is 110 Å². The fraction of sp³-hybridized carbons (Fsp3) is 0.427. The number of ketones is 1. The van der Waals surface area contributed by atoms with Crippen LogP contribution in [0.5, 0.6) is 11.5 Å². The molecule has 10 aromatic rings. The first kappa shape index (κ1) is 113. The van der Waals surface area contributed by atoms with Gasteiger partial charge >= 0.3 is 30.2 Å². The molecule has 0 spiro atoms. The number of nitrogens with zero attached hydrogens (tertiary/aromatic N) is 1. The van der Waals surface area contributed by atoms with E-state index < -0.39 is 96.0 Å². The van der Waals surface area contributed by atoms with Crippen LogP contribution in [0.25, 0.3) is 22.3 Å². The number of Topliss-reactive ketones (excluding diaryl/α,β-unsaturated/α-hetero) is 1. The minimum Gasteiger partial charge on any atom is -0.461 e. The average molecular weight is 2090 g/mol. The Balaban J connectivity index is 0.000000202. The maximum atomic E-state index is 13.8. The van der Waals surface area contributed by atoms with E-state index in [0.717, 1.165) is 70.6 Å². The third-order valence-electron chi connectivity index (χ3n) is 29.0. The molecule has 0 radical (unpaired) electrons. The lowest BCUT2D eigenvalue weighted by Crippen LogP contribution is -2.66. The molecule has 31 nitrogen and oxygen atoms in total. The van der Waals surface area contributed by atoms with Gasteiger partial charge in [0, 0.05) is 95.3 Å². The van der Waals surface area contributed by atoms with E-state index in [2.05, 4.69) is 201 Å². The monoisotopic (exact) mass is 2090 g/mol. The van der Waals surface area contributed by atoms with Gasteiger partial charge in [0.05, 0.1) is 43.8 Å². The summed E-state index contributed by atoms with van der Waals surface area (Å²) in [5.41, 5.74) is 10.6. The second kappa shape index (κ2) is 54.0. The lowest BCUT2D eigenvalue weighted by molar-refractivity contribution is -0.497. The molecule has 33 heteroatoms. The maximum Gasteiger partial charge on any atom is 0.412 e. The van der Waals surface area contributed by atoms with Crippen molar-refractivity contribution in [2.24, 2.45) is 23.7 Å². The minimum atomic E-state index is -2.76. The number of esters is 2. The van der Waals surface area contributed by atoms with Crippen LogP contribution in [0.3, 0.4) is 0 Å². The highest BCUT2D eigenvalue weighted by Crippen LogP contribution is 2.48. The number of hydrogen-bond acceptors (Lipinski definition) is 27. The van der Waals surface area contributed by atoms with E-state index >= 15 is 0 Å². The number of aliphatic hydroxyl groups is 1. The van der Waals surface area contributed by atoms with Crippen LogP contribution in [0, 0.1) is 23.7 Å². The van der Waals surface area contributed by atoms with Crippen LogP contribution < -0.4 is 46.2 Å². The number of amides is 4. The molecule has 4 aliphatic heterocycles. The highest BCUT2D eigenvalue weighted by molar-refractivity contribution is 7.00. The number of hydrogen-bond donors (Lipinski definition) is 6. The molecule has 12 atom stereocenters. The van der Waals surface area contributed by atoms with Gasteiger partial charge in [0.25, 0.3) is 16.6 Å². The highest BCUT2D eigenvalue weighted by atomic mass is 28.4. The molecule has 6 aliphatic rings. The first-order valence-corrected chi connectivity index (χ1v) is 55.6. The third-order valence-corrected chi connectivity index (χ3v) is 39.1. The van der Waals surface area contributed by atoms with E-state index in [9.17, 15) is 38.7 Å². The molecule has 2 aliphatic carbocycles. The van der Waals surface area contributed by atoms with E-state index in [0.29, 0.717) is 61.1 Å². The standard InChI is InChI=1S/C58H69N3O14Si.C36H41NO11.C23H32O2Si/c1-38-39(2)54(72-40(3)62)55(74-51(38)37-70-75-66)73-50-28-27-41(34-49(50)60-52(63)29-30-59-56(64)68-36-48-46-24-15-13-22-44(46)45-23-14-16-25-47(45)48)35-69-57(65)61-31-33-67-53(61)26-17-32-71-76(58(4,5)6,42-18-9-7-10-19-42)43-20-11-8-12-21-43;1-21-22(2)34(45-23(3)39)35(47-33(21)20-44-48-42)46-32-13-12-24(18-38)16-25(32)17-26(40)14-15-37-36(41)43-19-31-29-10-6-4-8-27(29)28-9-5-7-11-30(28)31;1-23(2,3)26(21-14-6-4-7-15-21,22-16-8-5-9-17-22)25-19-11-13-20-12-10-18-24-20/h7-16,18-25,27-28,34,38-39,48,51,53-55,66H,17,26,29-33,35-37H2,1-6H3,(H,59,64)(H,60,63);4-13,16,21-22,31,33-35,38,42H,14-15,17-20H2,1-3H3,(H,37,41);4-9,14-17,20H,10-13,18-19H2,1-3H3/t38-,39-,51+,53?,54+,55+;21-,22-,33+,34+,35+;/m00./s1. The van der Waals surface area contributed by atoms with Crippen molar-refractivity contribution < 1.29 is 130 Å². The quantitative estimate of drug-likeness (QED) is 0.00517. The second-order valence-corrected chi connectivity index (χ2v) is 49.5. The number of alkyl carbamates (subject to hydrolysis) is 2.